The van der Waals surface area contributed by atoms with Gasteiger partial charge >= 0.3 is 21.1 Å². The summed E-state index contributed by atoms with van der Waals surface area (Å²) in [5.41, 5.74) is 4.47. The molecule has 0 radical (unpaired) electrons. The van der Waals surface area contributed by atoms with Crippen molar-refractivity contribution in [3.8, 4) is 23.0 Å². The van der Waals surface area contributed by atoms with E-state index >= 15 is 0 Å². The van der Waals surface area contributed by atoms with Crippen molar-refractivity contribution < 1.29 is 49.6 Å². The second-order valence-electron chi connectivity index (χ2n) is 13.9. The van der Waals surface area contributed by atoms with Crippen LogP contribution in [0.5, 0.6) is 23.0 Å². The molecule has 0 bridgehead atoms. The monoisotopic (exact) mass is 976 g/mol. The Balaban J connectivity index is 0.000000201. The van der Waals surface area contributed by atoms with Crippen LogP contribution in [0.3, 0.4) is 0 Å². The molecule has 0 N–H and O–H groups in total. The zero-order valence-corrected chi connectivity index (χ0v) is 36.5. The predicted octanol–water partition coefficient (Wildman–Crippen LogP) is 11.4. The summed E-state index contributed by atoms with van der Waals surface area (Å²) >= 11 is 0. The van der Waals surface area contributed by atoms with E-state index in [1.54, 1.807) is 24.3 Å². The molecule has 61 heavy (non-hydrogen) atoms. The van der Waals surface area contributed by atoms with E-state index in [-0.39, 0.29) is 32.9 Å². The van der Waals surface area contributed by atoms with Crippen LogP contribution in [0.4, 0.5) is 11.4 Å². The summed E-state index contributed by atoms with van der Waals surface area (Å²) in [7, 11) is 0. The molecule has 304 valence electrons. The van der Waals surface area contributed by atoms with Crippen LogP contribution in [0.2, 0.25) is 0 Å². The van der Waals surface area contributed by atoms with Crippen LogP contribution in [0.1, 0.15) is 33.4 Å². The number of ether oxygens (including phenoxy) is 4. The van der Waals surface area contributed by atoms with E-state index in [4.69, 9.17) is 18.9 Å². The first-order valence-corrected chi connectivity index (χ1v) is 19.5. The molecule has 0 unspecified atom stereocenters. The second-order valence-corrected chi connectivity index (χ2v) is 13.9. The minimum atomic E-state index is -1.01. The van der Waals surface area contributed by atoms with Crippen molar-refractivity contribution in [2.45, 2.75) is 10.8 Å². The molecule has 9 heteroatoms. The van der Waals surface area contributed by atoms with Gasteiger partial charge in [-0.2, -0.15) is 0 Å². The quantitative estimate of drug-likeness (QED) is 0.0896. The smallest absolute Gasteiger partial charge is 0.625 e. The molecular formula is C52H44N2O6W. The number of fused-ring (bicyclic) bond motifs is 2. The third kappa shape index (κ3) is 8.59. The summed E-state index contributed by atoms with van der Waals surface area (Å²) in [4.78, 5) is 26.8. The first-order chi connectivity index (χ1) is 29.4. The number of amides is 2. The van der Waals surface area contributed by atoms with E-state index < -0.39 is 10.8 Å². The van der Waals surface area contributed by atoms with Crippen LogP contribution >= 0.6 is 0 Å². The number of carbonyl (C=O) groups is 2. The molecule has 0 atom stereocenters. The zero-order chi connectivity index (χ0) is 42.0. The molecule has 2 heterocycles. The summed E-state index contributed by atoms with van der Waals surface area (Å²) in [5, 5.41) is 8.75. The van der Waals surface area contributed by atoms with Crippen molar-refractivity contribution in [1.29, 1.82) is 0 Å². The van der Waals surface area contributed by atoms with Gasteiger partial charge in [0.25, 0.3) is 0 Å². The second kappa shape index (κ2) is 19.9. The fourth-order valence-corrected chi connectivity index (χ4v) is 7.67. The fraction of sp³-hybridized carbons (Fsp3) is 0.115. The molecule has 0 aliphatic carbocycles. The van der Waals surface area contributed by atoms with E-state index in [0.29, 0.717) is 37.8 Å². The average molecular weight is 977 g/mol. The Kier molecular flexibility index (Phi) is 14.3. The van der Waals surface area contributed by atoms with E-state index in [2.05, 4.69) is 36.9 Å². The van der Waals surface area contributed by atoms with E-state index in [9.17, 15) is 9.59 Å². The molecule has 0 fully saturated rings. The number of hydrogen-bond donors (Lipinski definition) is 0. The summed E-state index contributed by atoms with van der Waals surface area (Å²) in [5.74, 6) is 2.47. The molecule has 2 amide bonds. The fourth-order valence-electron chi connectivity index (χ4n) is 7.67. The van der Waals surface area contributed by atoms with Gasteiger partial charge in [-0.25, -0.2) is 0 Å². The molecule has 2 aliphatic rings. The number of nitrogens with zero attached hydrogens (tertiary/aromatic N) is 2. The Hall–Kier alpha value is -6.89. The van der Waals surface area contributed by atoms with Crippen molar-refractivity contribution in [3.63, 3.8) is 0 Å². The normalized spacial score (nSPS) is 13.6. The van der Waals surface area contributed by atoms with Crippen LogP contribution < -0.4 is 18.9 Å². The molecule has 0 spiro atoms. The minimum Gasteiger partial charge on any atom is -0.625 e. The first-order valence-electron chi connectivity index (χ1n) is 19.5. The Bertz CT molecular complexity index is 2210. The van der Waals surface area contributed by atoms with Gasteiger partial charge in [0.1, 0.15) is 49.4 Å². The van der Waals surface area contributed by atoms with Gasteiger partial charge in [0.2, 0.25) is 0 Å². The first kappa shape index (κ1) is 43.7. The zero-order valence-electron chi connectivity index (χ0n) is 33.6. The van der Waals surface area contributed by atoms with Crippen LogP contribution in [-0.4, -0.2) is 38.2 Å². The van der Waals surface area contributed by atoms with E-state index in [1.807, 2.05) is 146 Å². The summed E-state index contributed by atoms with van der Waals surface area (Å²) in [6, 6.07) is 45.7. The molecule has 0 aromatic heterocycles. The Labute approximate surface area is 371 Å². The van der Waals surface area contributed by atoms with Gasteiger partial charge in [0.05, 0.1) is 22.6 Å². The third-order valence-corrected chi connectivity index (χ3v) is 10.3. The van der Waals surface area contributed by atoms with Crippen molar-refractivity contribution in [1.82, 2.24) is 0 Å². The Morgan fingerprint density at radius 3 is 0.885 bits per heavy atom. The molecule has 6 aromatic rings. The van der Waals surface area contributed by atoms with E-state index in [1.165, 1.54) is 0 Å². The van der Waals surface area contributed by atoms with Gasteiger partial charge in [-0.1, -0.05) is 148 Å². The number of para-hydroxylation sites is 2. The van der Waals surface area contributed by atoms with Gasteiger partial charge in [0, 0.05) is 0 Å². The van der Waals surface area contributed by atoms with Crippen LogP contribution in [0.15, 0.2) is 196 Å². The SMILES string of the molecule is C=CCOc1ccc(C2(c3ccc(OCC=C)cc3)C(=O)[N-]c3ccccc32)cc1.C=CCOc1ccc(C2(c3ccc(OCC=C)cc3)C(=O)[N-]c3ccccc32)cc1.[W+2]. The van der Waals surface area contributed by atoms with Gasteiger partial charge in [-0.15, -0.1) is 11.4 Å². The Morgan fingerprint density at radius 2 is 0.639 bits per heavy atom. The maximum Gasteiger partial charge on any atom is 2.00 e. The van der Waals surface area contributed by atoms with E-state index in [0.717, 1.165) is 56.4 Å². The maximum absolute atomic E-state index is 13.4. The van der Waals surface area contributed by atoms with Crippen LogP contribution in [0, 0.1) is 0 Å². The van der Waals surface area contributed by atoms with Crippen LogP contribution in [0.25, 0.3) is 10.6 Å². The summed E-state index contributed by atoms with van der Waals surface area (Å²) in [6.45, 7) is 16.4. The summed E-state index contributed by atoms with van der Waals surface area (Å²) < 4.78 is 22.4. The van der Waals surface area contributed by atoms with Crippen molar-refractivity contribution in [2.75, 3.05) is 26.4 Å². The standard InChI is InChI=1S/2C26H23NO3.W/c2*1-3-17-29-21-13-9-19(10-14-21)26(20-11-15-22(16-12-20)30-18-4-2)23-7-5-6-8-24(23)27-25(26)28;/h2*3-16H,1-2,17-18H2,(H,27,28);/q;;+2/p-2. The maximum atomic E-state index is 13.4. The largest absolute Gasteiger partial charge is 2.00 e. The number of hydrogen-bond acceptors (Lipinski definition) is 6. The number of carbonyl (C=O) groups excluding carboxylic acids is 2. The Morgan fingerprint density at radius 1 is 0.393 bits per heavy atom. The number of benzene rings is 6. The van der Waals surface area contributed by atoms with Gasteiger partial charge in [-0.05, 0) is 81.9 Å². The molecule has 8 nitrogen and oxygen atoms in total. The topological polar surface area (TPSA) is 99.3 Å². The summed E-state index contributed by atoms with van der Waals surface area (Å²) in [6.07, 6.45) is 6.78. The molecule has 8 rings (SSSR count). The molecule has 2 aliphatic heterocycles. The molecular weight excluding hydrogens is 932 g/mol. The number of rotatable bonds is 16. The molecule has 0 saturated heterocycles. The van der Waals surface area contributed by atoms with Crippen molar-refractivity contribution >= 4 is 23.2 Å². The van der Waals surface area contributed by atoms with Crippen LogP contribution in [-0.2, 0) is 41.5 Å². The minimum absolute atomic E-state index is 0. The van der Waals surface area contributed by atoms with Gasteiger partial charge < -0.3 is 39.2 Å². The molecule has 0 saturated carbocycles. The predicted molar refractivity (Wildman–Crippen MR) is 237 cm³/mol. The van der Waals surface area contributed by atoms with Crippen molar-refractivity contribution in [2.24, 2.45) is 0 Å². The third-order valence-electron chi connectivity index (χ3n) is 10.3. The molecule has 6 aromatic carbocycles. The van der Waals surface area contributed by atoms with Gasteiger partial charge in [-0.3, -0.25) is 0 Å². The van der Waals surface area contributed by atoms with Crippen molar-refractivity contribution in [3.05, 3.63) is 240 Å². The average Bonchev–Trinajstić information content (AvgIpc) is 3.77. The van der Waals surface area contributed by atoms with Gasteiger partial charge in [0.15, 0.2) is 0 Å².